The van der Waals surface area contributed by atoms with Crippen molar-refractivity contribution in [1.29, 1.82) is 0 Å². The second-order valence-corrected chi connectivity index (χ2v) is 9.20. The van der Waals surface area contributed by atoms with Gasteiger partial charge in [0, 0.05) is 28.3 Å². The molecule has 9 nitrogen and oxygen atoms in total. The lowest BCUT2D eigenvalue weighted by Crippen LogP contribution is -2.20. The number of nitrogens with one attached hydrogen (secondary N) is 1. The van der Waals surface area contributed by atoms with Crippen LogP contribution in [0.5, 0.6) is 11.6 Å². The molecular weight excluding hydrogens is 468 g/mol. The van der Waals surface area contributed by atoms with E-state index < -0.39 is 4.92 Å². The van der Waals surface area contributed by atoms with Gasteiger partial charge in [-0.1, -0.05) is 0 Å². The van der Waals surface area contributed by atoms with Gasteiger partial charge >= 0.3 is 0 Å². The van der Waals surface area contributed by atoms with E-state index in [-0.39, 0.29) is 18.2 Å². The monoisotopic (exact) mass is 490 g/mol. The molecule has 0 saturated heterocycles. The molecule has 1 amide bonds. The summed E-state index contributed by atoms with van der Waals surface area (Å²) in [5.74, 6) is 1.25. The smallest absolute Gasteiger partial charge is 0.269 e. The van der Waals surface area contributed by atoms with Gasteiger partial charge in [0.05, 0.1) is 17.4 Å². The van der Waals surface area contributed by atoms with Gasteiger partial charge in [-0.3, -0.25) is 14.9 Å². The summed E-state index contributed by atoms with van der Waals surface area (Å²) in [7, 11) is 1.61. The maximum atomic E-state index is 12.6. The number of aromatic nitrogens is 2. The number of carbonyl (C=O) groups excluding carboxylic acids is 1. The summed E-state index contributed by atoms with van der Waals surface area (Å²) >= 11 is 1.66. The van der Waals surface area contributed by atoms with Crippen molar-refractivity contribution < 1.29 is 19.2 Å². The first-order valence-corrected chi connectivity index (χ1v) is 12.0. The van der Waals surface area contributed by atoms with E-state index in [4.69, 9.17) is 19.4 Å². The van der Waals surface area contributed by atoms with Gasteiger partial charge in [0.15, 0.2) is 12.4 Å². The molecule has 0 radical (unpaired) electrons. The number of benzene rings is 2. The maximum absolute atomic E-state index is 12.6. The average Bonchev–Trinajstić information content (AvgIpc) is 3.26. The van der Waals surface area contributed by atoms with Crippen LogP contribution in [-0.4, -0.2) is 34.5 Å². The number of hydrogen-bond acceptors (Lipinski definition) is 8. The third kappa shape index (κ3) is 4.78. The van der Waals surface area contributed by atoms with E-state index in [9.17, 15) is 14.9 Å². The van der Waals surface area contributed by atoms with Crippen LogP contribution >= 0.6 is 11.3 Å². The summed E-state index contributed by atoms with van der Waals surface area (Å²) in [6, 6.07) is 13.1. The molecule has 35 heavy (non-hydrogen) atoms. The number of non-ortho nitro benzene ring substituents is 1. The minimum atomic E-state index is -0.489. The molecule has 0 spiro atoms. The molecule has 178 valence electrons. The van der Waals surface area contributed by atoms with Gasteiger partial charge in [-0.2, -0.15) is 4.98 Å². The Bertz CT molecular complexity index is 1400. The summed E-state index contributed by atoms with van der Waals surface area (Å²) in [5.41, 5.74) is 2.43. The van der Waals surface area contributed by atoms with Crippen LogP contribution in [0.3, 0.4) is 0 Å². The fraction of sp³-hybridized carbons (Fsp3) is 0.240. The van der Waals surface area contributed by atoms with E-state index in [1.165, 1.54) is 34.7 Å². The number of amides is 1. The Morgan fingerprint density at radius 3 is 2.54 bits per heavy atom. The highest BCUT2D eigenvalue weighted by atomic mass is 32.1. The predicted molar refractivity (Wildman–Crippen MR) is 133 cm³/mol. The van der Waals surface area contributed by atoms with Gasteiger partial charge in [0.1, 0.15) is 10.6 Å². The zero-order valence-electron chi connectivity index (χ0n) is 18.9. The molecule has 5 rings (SSSR count). The SMILES string of the molecule is COc1ccc(-c2nc(OCC(=O)Nc3ccc([N+](=O)[O-])cc3)c3c4c(sc3n2)CCCC4)cc1. The topological polar surface area (TPSA) is 116 Å². The highest BCUT2D eigenvalue weighted by Crippen LogP contribution is 2.40. The number of nitro benzene ring substituents is 1. The summed E-state index contributed by atoms with van der Waals surface area (Å²) in [5, 5.41) is 14.4. The van der Waals surface area contributed by atoms with Crippen molar-refractivity contribution in [3.05, 3.63) is 69.1 Å². The lowest BCUT2D eigenvalue weighted by Gasteiger charge is -2.13. The third-order valence-corrected chi connectivity index (χ3v) is 7.02. The van der Waals surface area contributed by atoms with Gasteiger partial charge < -0.3 is 14.8 Å². The van der Waals surface area contributed by atoms with E-state index >= 15 is 0 Å². The Kier molecular flexibility index (Phi) is 6.28. The van der Waals surface area contributed by atoms with Crippen LogP contribution in [0.4, 0.5) is 11.4 Å². The first-order chi connectivity index (χ1) is 17.0. The van der Waals surface area contributed by atoms with E-state index in [0.717, 1.165) is 47.2 Å². The molecule has 0 saturated carbocycles. The Morgan fingerprint density at radius 1 is 1.09 bits per heavy atom. The number of hydrogen-bond donors (Lipinski definition) is 1. The number of aryl methyl sites for hydroxylation is 2. The molecule has 0 bridgehead atoms. The third-order valence-electron chi connectivity index (χ3n) is 5.83. The van der Waals surface area contributed by atoms with Crippen LogP contribution in [-0.2, 0) is 17.6 Å². The summed E-state index contributed by atoms with van der Waals surface area (Å²) in [6.45, 7) is -0.254. The van der Waals surface area contributed by atoms with Crippen molar-refractivity contribution in [1.82, 2.24) is 9.97 Å². The number of fused-ring (bicyclic) bond motifs is 3. The fourth-order valence-corrected chi connectivity index (χ4v) is 5.35. The van der Waals surface area contributed by atoms with Crippen molar-refractivity contribution in [2.45, 2.75) is 25.7 Å². The number of carbonyl (C=O) groups is 1. The molecular formula is C25H22N4O5S. The van der Waals surface area contributed by atoms with Gasteiger partial charge in [0.2, 0.25) is 5.88 Å². The number of ether oxygens (including phenoxy) is 2. The van der Waals surface area contributed by atoms with Crippen molar-refractivity contribution in [2.24, 2.45) is 0 Å². The molecule has 1 N–H and O–H groups in total. The number of nitro groups is 1. The number of anilines is 1. The molecule has 0 aliphatic heterocycles. The standard InChI is InChI=1S/C25H22N4O5S/c1-33-18-12-6-15(7-13-18)23-27-24(22-19-4-2-3-5-20(19)35-25(22)28-23)34-14-21(30)26-16-8-10-17(11-9-16)29(31)32/h6-13H,2-5,14H2,1H3,(H,26,30). The van der Waals surface area contributed by atoms with E-state index in [0.29, 0.717) is 17.4 Å². The molecule has 1 aliphatic rings. The van der Waals surface area contributed by atoms with Crippen LogP contribution in [0.15, 0.2) is 48.5 Å². The molecule has 2 aromatic heterocycles. The van der Waals surface area contributed by atoms with Gasteiger partial charge in [-0.25, -0.2) is 4.98 Å². The summed E-state index contributed by atoms with van der Waals surface area (Å²) in [6.07, 6.45) is 4.19. The lowest BCUT2D eigenvalue weighted by atomic mass is 9.97. The molecule has 2 heterocycles. The number of nitrogens with zero attached hydrogens (tertiary/aromatic N) is 3. The van der Waals surface area contributed by atoms with Crippen LogP contribution in [0.25, 0.3) is 21.6 Å². The molecule has 2 aromatic carbocycles. The van der Waals surface area contributed by atoms with Crippen molar-refractivity contribution in [3.8, 4) is 23.0 Å². The Morgan fingerprint density at radius 2 is 1.83 bits per heavy atom. The van der Waals surface area contributed by atoms with Crippen LogP contribution < -0.4 is 14.8 Å². The minimum absolute atomic E-state index is 0.0454. The fourth-order valence-electron chi connectivity index (χ4n) is 4.10. The van der Waals surface area contributed by atoms with Crippen LogP contribution in [0, 0.1) is 10.1 Å². The van der Waals surface area contributed by atoms with Crippen molar-refractivity contribution in [3.63, 3.8) is 0 Å². The Labute approximate surface area is 204 Å². The molecule has 0 unspecified atom stereocenters. The number of thiophene rings is 1. The van der Waals surface area contributed by atoms with E-state index in [1.807, 2.05) is 24.3 Å². The van der Waals surface area contributed by atoms with Crippen LogP contribution in [0.1, 0.15) is 23.3 Å². The number of rotatable bonds is 7. The second-order valence-electron chi connectivity index (χ2n) is 8.11. The first kappa shape index (κ1) is 22.7. The van der Waals surface area contributed by atoms with Gasteiger partial charge in [-0.15, -0.1) is 11.3 Å². The van der Waals surface area contributed by atoms with Crippen molar-refractivity contribution in [2.75, 3.05) is 19.0 Å². The van der Waals surface area contributed by atoms with Gasteiger partial charge in [-0.05, 0) is 67.6 Å². The molecule has 0 fully saturated rings. The molecule has 10 heteroatoms. The average molecular weight is 491 g/mol. The quantitative estimate of drug-likeness (QED) is 0.280. The molecule has 1 aliphatic carbocycles. The van der Waals surface area contributed by atoms with E-state index in [2.05, 4.69) is 5.32 Å². The normalized spacial score (nSPS) is 12.7. The summed E-state index contributed by atoms with van der Waals surface area (Å²) in [4.78, 5) is 34.6. The van der Waals surface area contributed by atoms with Gasteiger partial charge in [0.25, 0.3) is 11.6 Å². The molecule has 4 aromatic rings. The zero-order valence-corrected chi connectivity index (χ0v) is 19.8. The predicted octanol–water partition coefficient (Wildman–Crippen LogP) is 5.17. The number of methoxy groups -OCH3 is 1. The zero-order chi connectivity index (χ0) is 24.4. The van der Waals surface area contributed by atoms with Crippen molar-refractivity contribution >= 4 is 38.8 Å². The highest BCUT2D eigenvalue weighted by molar-refractivity contribution is 7.18. The largest absolute Gasteiger partial charge is 0.497 e. The Hall–Kier alpha value is -4.05. The summed E-state index contributed by atoms with van der Waals surface area (Å²) < 4.78 is 11.2. The second kappa shape index (κ2) is 9.67. The lowest BCUT2D eigenvalue weighted by molar-refractivity contribution is -0.384. The maximum Gasteiger partial charge on any atom is 0.269 e. The van der Waals surface area contributed by atoms with Crippen LogP contribution in [0.2, 0.25) is 0 Å². The first-order valence-electron chi connectivity index (χ1n) is 11.2. The Balaban J connectivity index is 1.42. The molecule has 0 atom stereocenters. The highest BCUT2D eigenvalue weighted by Gasteiger charge is 2.23. The minimum Gasteiger partial charge on any atom is -0.497 e. The van der Waals surface area contributed by atoms with E-state index in [1.54, 1.807) is 18.4 Å².